The topological polar surface area (TPSA) is 111 Å². The highest BCUT2D eigenvalue weighted by atomic mass is 28.4. The summed E-state index contributed by atoms with van der Waals surface area (Å²) in [4.78, 5) is 57.8. The van der Waals surface area contributed by atoms with Gasteiger partial charge in [-0.15, -0.1) is 6.58 Å². The largest absolute Gasteiger partial charge is 0.432 e. The van der Waals surface area contributed by atoms with Crippen molar-refractivity contribution in [1.82, 2.24) is 4.90 Å². The van der Waals surface area contributed by atoms with Crippen molar-refractivity contribution in [3.05, 3.63) is 71.8 Å². The third kappa shape index (κ3) is 4.75. The van der Waals surface area contributed by atoms with E-state index in [0.717, 1.165) is 23.2 Å². The zero-order valence-corrected chi connectivity index (χ0v) is 26.2. The first-order valence-electron chi connectivity index (χ1n) is 15.3. The standard InChI is InChI=1S/C33H41N3O6Si/c1-5-14-35-27-13-12-24(34-15-8-11-29(34)38)17-26(27)33(32(35)40)21(2)31(43(3,4)41)28(42-33)18-30(39)36-19-23-10-7-6-9-22(23)16-25(36)20-37/h5-7,9-10,12-13,17,21,25,28,31,37,41H,1,8,11,14-16,18-20H2,2-4H3/t21-,25-,28+,31-,33+/m0/s1. The molecule has 2 N–H and O–H groups in total. The normalized spacial score (nSPS) is 28.5. The molecule has 1 spiro atoms. The van der Waals surface area contributed by atoms with Gasteiger partial charge in [0.05, 0.1) is 30.9 Å². The summed E-state index contributed by atoms with van der Waals surface area (Å²) < 4.78 is 6.86. The van der Waals surface area contributed by atoms with Crippen molar-refractivity contribution in [3.8, 4) is 0 Å². The minimum absolute atomic E-state index is 0.0131. The van der Waals surface area contributed by atoms with Crippen LogP contribution in [0.1, 0.15) is 42.9 Å². The smallest absolute Gasteiger partial charge is 0.264 e. The van der Waals surface area contributed by atoms with Crippen molar-refractivity contribution >= 4 is 37.4 Å². The lowest BCUT2D eigenvalue weighted by atomic mass is 9.82. The molecular formula is C33H41N3O6Si. The summed E-state index contributed by atoms with van der Waals surface area (Å²) in [7, 11) is -2.99. The summed E-state index contributed by atoms with van der Waals surface area (Å²) in [5.74, 6) is -0.791. The van der Waals surface area contributed by atoms with Crippen molar-refractivity contribution < 1.29 is 29.0 Å². The van der Waals surface area contributed by atoms with Crippen molar-refractivity contribution in [2.24, 2.45) is 5.92 Å². The summed E-state index contributed by atoms with van der Waals surface area (Å²) in [6.07, 6.45) is 2.79. The molecule has 4 aliphatic heterocycles. The van der Waals surface area contributed by atoms with E-state index in [0.29, 0.717) is 37.2 Å². The number of carbonyl (C=O) groups excluding carboxylic acids is 3. The van der Waals surface area contributed by atoms with Crippen LogP contribution in [-0.2, 0) is 37.7 Å². The van der Waals surface area contributed by atoms with Crippen LogP contribution in [0.5, 0.6) is 0 Å². The van der Waals surface area contributed by atoms with E-state index >= 15 is 0 Å². The number of aliphatic hydroxyl groups is 1. The Morgan fingerprint density at radius 3 is 2.58 bits per heavy atom. The van der Waals surface area contributed by atoms with Gasteiger partial charge in [-0.1, -0.05) is 37.3 Å². The molecule has 43 heavy (non-hydrogen) atoms. The average molecular weight is 604 g/mol. The Bertz CT molecular complexity index is 1470. The van der Waals surface area contributed by atoms with Crippen LogP contribution < -0.4 is 9.80 Å². The number of fused-ring (bicyclic) bond motifs is 3. The van der Waals surface area contributed by atoms with Gasteiger partial charge in [0, 0.05) is 48.8 Å². The summed E-state index contributed by atoms with van der Waals surface area (Å²) in [6, 6.07) is 13.2. The molecular weight excluding hydrogens is 562 g/mol. The number of aliphatic hydroxyl groups excluding tert-OH is 1. The molecule has 0 aliphatic carbocycles. The summed E-state index contributed by atoms with van der Waals surface area (Å²) in [5.41, 5.74) is 2.43. The number of rotatable bonds is 7. The molecule has 2 saturated heterocycles. The highest BCUT2D eigenvalue weighted by molar-refractivity contribution is 6.71. The van der Waals surface area contributed by atoms with E-state index in [1.165, 1.54) is 0 Å². The van der Waals surface area contributed by atoms with Crippen LogP contribution in [0.4, 0.5) is 11.4 Å². The van der Waals surface area contributed by atoms with Gasteiger partial charge >= 0.3 is 0 Å². The Labute approximate surface area is 253 Å². The van der Waals surface area contributed by atoms with Gasteiger partial charge in [-0.25, -0.2) is 0 Å². The highest BCUT2D eigenvalue weighted by Gasteiger charge is 2.66. The van der Waals surface area contributed by atoms with Crippen LogP contribution in [0.15, 0.2) is 55.1 Å². The molecule has 2 fully saturated rings. The molecule has 3 amide bonds. The van der Waals surface area contributed by atoms with Crippen molar-refractivity contribution in [2.75, 3.05) is 29.5 Å². The highest BCUT2D eigenvalue weighted by Crippen LogP contribution is 2.60. The van der Waals surface area contributed by atoms with Gasteiger partial charge in [0.1, 0.15) is 0 Å². The molecule has 2 aromatic carbocycles. The molecule has 0 radical (unpaired) electrons. The van der Waals surface area contributed by atoms with Crippen molar-refractivity contribution in [2.45, 2.75) is 75.5 Å². The van der Waals surface area contributed by atoms with E-state index in [1.807, 2.05) is 62.5 Å². The maximum atomic E-state index is 14.4. The molecule has 4 heterocycles. The zero-order chi connectivity index (χ0) is 30.7. The number of carbonyl (C=O) groups is 3. The molecule has 0 aromatic heterocycles. The molecule has 228 valence electrons. The van der Waals surface area contributed by atoms with E-state index < -0.39 is 31.5 Å². The molecule has 0 unspecified atom stereocenters. The molecule has 0 bridgehead atoms. The van der Waals surface area contributed by atoms with Crippen molar-refractivity contribution in [1.29, 1.82) is 0 Å². The number of hydrogen-bond acceptors (Lipinski definition) is 6. The minimum atomic E-state index is -2.99. The van der Waals surface area contributed by atoms with E-state index in [4.69, 9.17) is 4.74 Å². The second kappa shape index (κ2) is 11.0. The molecule has 6 rings (SSSR count). The molecule has 9 nitrogen and oxygen atoms in total. The molecule has 5 atom stereocenters. The fourth-order valence-electron chi connectivity index (χ4n) is 8.00. The summed E-state index contributed by atoms with van der Waals surface area (Å²) in [5, 5.41) is 10.2. The van der Waals surface area contributed by atoms with Gasteiger partial charge in [0.25, 0.3) is 5.91 Å². The van der Waals surface area contributed by atoms with Crippen LogP contribution >= 0.6 is 0 Å². The Hall–Kier alpha value is -3.31. The Morgan fingerprint density at radius 1 is 1.19 bits per heavy atom. The Morgan fingerprint density at radius 2 is 1.93 bits per heavy atom. The predicted molar refractivity (Wildman–Crippen MR) is 166 cm³/mol. The van der Waals surface area contributed by atoms with Gasteiger partial charge in [0.15, 0.2) is 13.9 Å². The minimum Gasteiger partial charge on any atom is -0.432 e. The van der Waals surface area contributed by atoms with Gasteiger partial charge in [-0.05, 0) is 55.3 Å². The first kappa shape index (κ1) is 29.7. The molecule has 0 saturated carbocycles. The zero-order valence-electron chi connectivity index (χ0n) is 25.2. The monoisotopic (exact) mass is 603 g/mol. The van der Waals surface area contributed by atoms with Crippen LogP contribution in [0, 0.1) is 5.92 Å². The second-order valence-electron chi connectivity index (χ2n) is 12.9. The Kier molecular flexibility index (Phi) is 7.61. The first-order valence-corrected chi connectivity index (χ1v) is 18.3. The second-order valence-corrected chi connectivity index (χ2v) is 16.9. The number of amides is 3. The lowest BCUT2D eigenvalue weighted by Crippen LogP contribution is -2.48. The fraction of sp³-hybridized carbons (Fsp3) is 0.485. The maximum Gasteiger partial charge on any atom is 0.264 e. The van der Waals surface area contributed by atoms with Crippen LogP contribution in [-0.4, -0.2) is 72.7 Å². The van der Waals surface area contributed by atoms with Gasteiger partial charge in [0.2, 0.25) is 11.8 Å². The van der Waals surface area contributed by atoms with E-state index in [-0.39, 0.29) is 43.3 Å². The fourth-order valence-corrected chi connectivity index (χ4v) is 10.6. The number of anilines is 2. The maximum absolute atomic E-state index is 14.4. The summed E-state index contributed by atoms with van der Waals surface area (Å²) >= 11 is 0. The molecule has 2 aromatic rings. The quantitative estimate of drug-likeness (QED) is 0.371. The van der Waals surface area contributed by atoms with Gasteiger partial charge < -0.3 is 29.3 Å². The third-order valence-electron chi connectivity index (χ3n) is 9.93. The lowest BCUT2D eigenvalue weighted by Gasteiger charge is -2.37. The molecule has 10 heteroatoms. The number of nitrogens with zero attached hydrogens (tertiary/aromatic N) is 3. The third-order valence-corrected chi connectivity index (χ3v) is 12.4. The van der Waals surface area contributed by atoms with E-state index in [1.54, 1.807) is 20.8 Å². The van der Waals surface area contributed by atoms with Gasteiger partial charge in [-0.3, -0.25) is 14.4 Å². The van der Waals surface area contributed by atoms with E-state index in [2.05, 4.69) is 6.58 Å². The first-order chi connectivity index (χ1) is 20.5. The van der Waals surface area contributed by atoms with Gasteiger partial charge in [-0.2, -0.15) is 0 Å². The Balaban J connectivity index is 1.38. The number of benzene rings is 2. The van der Waals surface area contributed by atoms with Crippen LogP contribution in [0.2, 0.25) is 18.6 Å². The van der Waals surface area contributed by atoms with Crippen LogP contribution in [0.3, 0.4) is 0 Å². The SMILES string of the molecule is C=CCN1C(=O)[C@]2(O[C@H](CC(=O)N3Cc4ccccc4C[C@H]3CO)[C@@H]([Si](C)(C)O)[C@@H]2C)c2cc(N3CCCC3=O)ccc21. The number of hydrogen-bond donors (Lipinski definition) is 2. The van der Waals surface area contributed by atoms with E-state index in [9.17, 15) is 24.3 Å². The van der Waals surface area contributed by atoms with Crippen LogP contribution in [0.25, 0.3) is 0 Å². The average Bonchev–Trinajstić information content (AvgIpc) is 3.61. The predicted octanol–water partition coefficient (Wildman–Crippen LogP) is 3.48. The van der Waals surface area contributed by atoms with Crippen molar-refractivity contribution in [3.63, 3.8) is 0 Å². The summed E-state index contributed by atoms with van der Waals surface area (Å²) in [6.45, 7) is 10.6. The molecule has 4 aliphatic rings. The lowest BCUT2D eigenvalue weighted by molar-refractivity contribution is -0.150. The number of ether oxygens (including phenoxy) is 1.